The van der Waals surface area contributed by atoms with E-state index in [-0.39, 0.29) is 0 Å². The Kier molecular flexibility index (Phi) is 5.61. The van der Waals surface area contributed by atoms with Crippen LogP contribution in [0.4, 0.5) is 0 Å². The number of hydrogen-bond acceptors (Lipinski definition) is 3. The molecule has 3 atom stereocenters. The third kappa shape index (κ3) is 2.93. The first-order valence-corrected chi connectivity index (χ1v) is 8.44. The minimum atomic E-state index is 0.440. The summed E-state index contributed by atoms with van der Waals surface area (Å²) in [4.78, 5) is 0. The summed E-state index contributed by atoms with van der Waals surface area (Å²) in [6.45, 7) is 10.5. The molecule has 0 fully saturated rings. The summed E-state index contributed by atoms with van der Waals surface area (Å²) in [6.07, 6.45) is 5.36. The van der Waals surface area contributed by atoms with Gasteiger partial charge in [-0.3, -0.25) is 0 Å². The Morgan fingerprint density at radius 1 is 1.04 bits per heavy atom. The lowest BCUT2D eigenvalue weighted by Gasteiger charge is -2.36. The van der Waals surface area contributed by atoms with Gasteiger partial charge in [0.25, 0.3) is 0 Å². The van der Waals surface area contributed by atoms with E-state index in [0.717, 1.165) is 35.7 Å². The molecule has 2 rings (SSSR count). The molecule has 0 N–H and O–H groups in total. The van der Waals surface area contributed by atoms with Crippen LogP contribution in [0, 0.1) is 12.8 Å². The van der Waals surface area contributed by atoms with E-state index < -0.39 is 0 Å². The molecule has 23 heavy (non-hydrogen) atoms. The molecule has 0 aliphatic heterocycles. The molecule has 1 aromatic carbocycles. The molecule has 0 radical (unpaired) electrons. The fraction of sp³-hybridized carbons (Fsp3) is 0.600. The Morgan fingerprint density at radius 2 is 1.65 bits per heavy atom. The molecule has 0 heterocycles. The fourth-order valence-corrected chi connectivity index (χ4v) is 4.13. The number of ether oxygens (including phenoxy) is 3. The number of methoxy groups -OCH3 is 3. The van der Waals surface area contributed by atoms with Crippen molar-refractivity contribution in [1.29, 1.82) is 0 Å². The molecule has 0 aromatic heterocycles. The maximum absolute atomic E-state index is 5.83. The highest BCUT2D eigenvalue weighted by molar-refractivity contribution is 5.65. The molecule has 0 unspecified atom stereocenters. The van der Waals surface area contributed by atoms with Crippen LogP contribution < -0.4 is 14.2 Å². The van der Waals surface area contributed by atoms with Crippen LogP contribution in [-0.2, 0) is 0 Å². The maximum atomic E-state index is 5.83. The minimum absolute atomic E-state index is 0.440. The van der Waals surface area contributed by atoms with Crippen molar-refractivity contribution in [3.63, 3.8) is 0 Å². The average Bonchev–Trinajstić information content (AvgIpc) is 2.54. The number of hydrogen-bond donors (Lipinski definition) is 0. The van der Waals surface area contributed by atoms with Gasteiger partial charge >= 0.3 is 0 Å². The monoisotopic (exact) mass is 318 g/mol. The van der Waals surface area contributed by atoms with Gasteiger partial charge in [-0.25, -0.2) is 0 Å². The van der Waals surface area contributed by atoms with Crippen LogP contribution in [0.5, 0.6) is 17.2 Å². The zero-order valence-corrected chi connectivity index (χ0v) is 15.4. The number of benzene rings is 1. The quantitative estimate of drug-likeness (QED) is 0.674. The minimum Gasteiger partial charge on any atom is -0.496 e. The highest BCUT2D eigenvalue weighted by Crippen LogP contribution is 2.55. The molecular weight excluding hydrogens is 288 g/mol. The largest absolute Gasteiger partial charge is 0.496 e. The van der Waals surface area contributed by atoms with Crippen molar-refractivity contribution in [3.8, 4) is 17.2 Å². The molecule has 0 saturated carbocycles. The molecule has 3 heteroatoms. The maximum Gasteiger partial charge on any atom is 0.167 e. The highest BCUT2D eigenvalue weighted by Gasteiger charge is 2.36. The molecular formula is C20H30O3. The summed E-state index contributed by atoms with van der Waals surface area (Å²) < 4.78 is 17.2. The first-order chi connectivity index (χ1) is 11.0. The Bertz CT molecular complexity index is 577. The molecule has 0 saturated heterocycles. The van der Waals surface area contributed by atoms with E-state index in [1.54, 1.807) is 21.3 Å². The van der Waals surface area contributed by atoms with E-state index in [0.29, 0.717) is 17.8 Å². The first kappa shape index (κ1) is 17.7. The summed E-state index contributed by atoms with van der Waals surface area (Å²) in [7, 11) is 5.18. The van der Waals surface area contributed by atoms with Crippen LogP contribution in [0.2, 0.25) is 0 Å². The van der Waals surface area contributed by atoms with Gasteiger partial charge in [-0.05, 0) is 43.9 Å². The Labute approximate surface area is 140 Å². The predicted molar refractivity (Wildman–Crippen MR) is 95.2 cm³/mol. The van der Waals surface area contributed by atoms with Gasteiger partial charge in [-0.15, -0.1) is 6.58 Å². The molecule has 0 bridgehead atoms. The van der Waals surface area contributed by atoms with Crippen molar-refractivity contribution >= 4 is 0 Å². The van der Waals surface area contributed by atoms with E-state index >= 15 is 0 Å². The molecule has 1 aliphatic carbocycles. The summed E-state index contributed by atoms with van der Waals surface area (Å²) in [6, 6.07) is 0. The van der Waals surface area contributed by atoms with Crippen LogP contribution in [0.1, 0.15) is 61.6 Å². The van der Waals surface area contributed by atoms with Crippen molar-refractivity contribution in [3.05, 3.63) is 29.3 Å². The first-order valence-electron chi connectivity index (χ1n) is 8.44. The van der Waals surface area contributed by atoms with E-state index in [4.69, 9.17) is 14.2 Å². The molecule has 1 aromatic rings. The molecule has 1 aliphatic rings. The van der Waals surface area contributed by atoms with Gasteiger partial charge in [0.15, 0.2) is 11.5 Å². The predicted octanol–water partition coefficient (Wildman–Crippen LogP) is 5.21. The highest BCUT2D eigenvalue weighted by atomic mass is 16.5. The SMILES string of the molecule is C=CC[C@H](C)[C@H]1CC[C@H](C)c2c(OC)c(OC)c(C)c(OC)c21. The summed E-state index contributed by atoms with van der Waals surface area (Å²) in [5, 5.41) is 0. The zero-order valence-electron chi connectivity index (χ0n) is 15.4. The van der Waals surface area contributed by atoms with Crippen molar-refractivity contribution in [2.45, 2.75) is 51.9 Å². The standard InChI is InChI=1S/C20H30O3/c1-8-9-12(2)15-11-10-13(3)16-17(15)18(21-5)14(4)19(22-6)20(16)23-7/h8,12-13,15H,1,9-11H2,2-7H3/t12-,13-,15+/m0/s1. The van der Waals surface area contributed by atoms with Gasteiger partial charge in [0.05, 0.1) is 21.3 Å². The van der Waals surface area contributed by atoms with Gasteiger partial charge in [0, 0.05) is 16.7 Å². The van der Waals surface area contributed by atoms with Crippen LogP contribution in [0.3, 0.4) is 0 Å². The van der Waals surface area contributed by atoms with Gasteiger partial charge < -0.3 is 14.2 Å². The molecule has 3 nitrogen and oxygen atoms in total. The van der Waals surface area contributed by atoms with Crippen molar-refractivity contribution in [2.75, 3.05) is 21.3 Å². The van der Waals surface area contributed by atoms with Crippen LogP contribution in [0.25, 0.3) is 0 Å². The van der Waals surface area contributed by atoms with Gasteiger partial charge in [0.1, 0.15) is 5.75 Å². The Hall–Kier alpha value is -1.64. The number of rotatable bonds is 6. The smallest absolute Gasteiger partial charge is 0.167 e. The fourth-order valence-electron chi connectivity index (χ4n) is 4.13. The number of fused-ring (bicyclic) bond motifs is 1. The van der Waals surface area contributed by atoms with Crippen LogP contribution >= 0.6 is 0 Å². The normalized spacial score (nSPS) is 21.3. The lowest BCUT2D eigenvalue weighted by Crippen LogP contribution is -2.21. The third-order valence-electron chi connectivity index (χ3n) is 5.28. The van der Waals surface area contributed by atoms with E-state index in [1.807, 2.05) is 6.08 Å². The zero-order chi connectivity index (χ0) is 17.1. The van der Waals surface area contributed by atoms with E-state index in [9.17, 15) is 0 Å². The summed E-state index contributed by atoms with van der Waals surface area (Å²) in [5.41, 5.74) is 3.60. The lowest BCUT2D eigenvalue weighted by molar-refractivity contribution is 0.317. The van der Waals surface area contributed by atoms with Crippen molar-refractivity contribution in [2.24, 2.45) is 5.92 Å². The molecule has 128 valence electrons. The van der Waals surface area contributed by atoms with Gasteiger partial charge in [-0.1, -0.05) is 19.9 Å². The summed E-state index contributed by atoms with van der Waals surface area (Å²) >= 11 is 0. The second-order valence-corrected chi connectivity index (χ2v) is 6.64. The third-order valence-corrected chi connectivity index (χ3v) is 5.28. The van der Waals surface area contributed by atoms with Crippen LogP contribution in [-0.4, -0.2) is 21.3 Å². The molecule has 0 amide bonds. The summed E-state index contributed by atoms with van der Waals surface area (Å²) in [5.74, 6) is 4.08. The van der Waals surface area contributed by atoms with Crippen LogP contribution in [0.15, 0.2) is 12.7 Å². The van der Waals surface area contributed by atoms with E-state index in [2.05, 4.69) is 27.4 Å². The van der Waals surface area contributed by atoms with Crippen molar-refractivity contribution in [1.82, 2.24) is 0 Å². The number of allylic oxidation sites excluding steroid dienone is 1. The van der Waals surface area contributed by atoms with Crippen molar-refractivity contribution < 1.29 is 14.2 Å². The second kappa shape index (κ2) is 7.29. The molecule has 0 spiro atoms. The Morgan fingerprint density at radius 3 is 2.17 bits per heavy atom. The van der Waals surface area contributed by atoms with E-state index in [1.165, 1.54) is 17.5 Å². The second-order valence-electron chi connectivity index (χ2n) is 6.64. The topological polar surface area (TPSA) is 27.7 Å². The van der Waals surface area contributed by atoms with Gasteiger partial charge in [0.2, 0.25) is 0 Å². The average molecular weight is 318 g/mol. The van der Waals surface area contributed by atoms with Gasteiger partial charge in [-0.2, -0.15) is 0 Å². The Balaban J connectivity index is 2.76. The lowest BCUT2D eigenvalue weighted by atomic mass is 9.70.